The number of hydrogen-bond acceptors (Lipinski definition) is 3. The number of hydrogen-bond donors (Lipinski definition) is 1. The summed E-state index contributed by atoms with van der Waals surface area (Å²) in [6.07, 6.45) is 11.1. The van der Waals surface area contributed by atoms with Crippen molar-refractivity contribution in [3.05, 3.63) is 0 Å². The Hall–Kier alpha value is -1.10. The smallest absolute Gasteiger partial charge is 0.254 e. The molecule has 0 radical (unpaired) electrons. The number of hydrazine groups is 1. The minimum absolute atomic E-state index is 0.0282. The molecule has 5 nitrogen and oxygen atoms in total. The average molecular weight is 336 g/mol. The minimum Gasteiger partial charge on any atom is -0.393 e. The SMILES string of the molecule is CCCCC1C(=O)N(C2CCCCC2)N(C2CCC(O)CC2)C1=O. The normalized spacial score (nSPS) is 32.7. The molecule has 3 rings (SSSR count). The number of amides is 2. The maximum absolute atomic E-state index is 13.1. The van der Waals surface area contributed by atoms with E-state index >= 15 is 0 Å². The van der Waals surface area contributed by atoms with Gasteiger partial charge in [0.2, 0.25) is 0 Å². The topological polar surface area (TPSA) is 60.9 Å². The Balaban J connectivity index is 1.80. The first-order valence-corrected chi connectivity index (χ1v) is 9.97. The zero-order chi connectivity index (χ0) is 17.1. The molecule has 2 saturated carbocycles. The molecule has 0 spiro atoms. The molecule has 5 heteroatoms. The first kappa shape index (κ1) is 17.7. The molecule has 3 aliphatic rings. The Labute approximate surface area is 145 Å². The van der Waals surface area contributed by atoms with Crippen LogP contribution in [0.3, 0.4) is 0 Å². The van der Waals surface area contributed by atoms with Crippen LogP contribution in [0.15, 0.2) is 0 Å². The molecular formula is C19H32N2O3. The summed E-state index contributed by atoms with van der Waals surface area (Å²) < 4.78 is 0. The number of aliphatic hydroxyl groups excluding tert-OH is 1. The van der Waals surface area contributed by atoms with Gasteiger partial charge in [-0.3, -0.25) is 9.59 Å². The van der Waals surface area contributed by atoms with E-state index in [1.165, 1.54) is 6.42 Å². The van der Waals surface area contributed by atoms with Gasteiger partial charge < -0.3 is 5.11 Å². The van der Waals surface area contributed by atoms with Crippen LogP contribution in [0.2, 0.25) is 0 Å². The van der Waals surface area contributed by atoms with Crippen LogP contribution in [0.5, 0.6) is 0 Å². The van der Waals surface area contributed by atoms with Crippen LogP contribution in [0.1, 0.15) is 84.0 Å². The highest BCUT2D eigenvalue weighted by Crippen LogP contribution is 2.36. The third-order valence-electron chi connectivity index (χ3n) is 6.06. The highest BCUT2D eigenvalue weighted by molar-refractivity contribution is 6.05. The second-order valence-electron chi connectivity index (χ2n) is 7.81. The summed E-state index contributed by atoms with van der Waals surface area (Å²) in [4.78, 5) is 26.1. The van der Waals surface area contributed by atoms with E-state index in [0.717, 1.165) is 64.2 Å². The molecule has 1 saturated heterocycles. The molecule has 1 N–H and O–H groups in total. The van der Waals surface area contributed by atoms with Crippen molar-refractivity contribution in [1.82, 2.24) is 10.0 Å². The first-order chi connectivity index (χ1) is 11.6. The highest BCUT2D eigenvalue weighted by Gasteiger charge is 2.50. The zero-order valence-electron chi connectivity index (χ0n) is 15.0. The van der Waals surface area contributed by atoms with Gasteiger partial charge in [-0.2, -0.15) is 0 Å². The fourth-order valence-electron chi connectivity index (χ4n) is 4.63. The van der Waals surface area contributed by atoms with Crippen LogP contribution in [-0.4, -0.2) is 45.1 Å². The van der Waals surface area contributed by atoms with Crippen molar-refractivity contribution in [2.24, 2.45) is 5.92 Å². The van der Waals surface area contributed by atoms with Crippen LogP contribution in [0.4, 0.5) is 0 Å². The molecular weight excluding hydrogens is 304 g/mol. The fraction of sp³-hybridized carbons (Fsp3) is 0.895. The fourth-order valence-corrected chi connectivity index (χ4v) is 4.63. The number of nitrogens with zero attached hydrogens (tertiary/aromatic N) is 2. The highest BCUT2D eigenvalue weighted by atomic mass is 16.3. The van der Waals surface area contributed by atoms with E-state index in [1.807, 2.05) is 10.0 Å². The molecule has 1 aliphatic heterocycles. The predicted octanol–water partition coefficient (Wildman–Crippen LogP) is 3.01. The summed E-state index contributed by atoms with van der Waals surface area (Å²) in [5.41, 5.74) is 0. The maximum atomic E-state index is 13.1. The largest absolute Gasteiger partial charge is 0.393 e. The average Bonchev–Trinajstić information content (AvgIpc) is 2.85. The van der Waals surface area contributed by atoms with Crippen molar-refractivity contribution in [3.8, 4) is 0 Å². The van der Waals surface area contributed by atoms with Crippen LogP contribution < -0.4 is 0 Å². The standard InChI is InChI=1S/C19H32N2O3/c1-2-3-9-17-18(23)20(14-7-5-4-6-8-14)21(19(17)24)15-10-12-16(22)13-11-15/h14-17,22H,2-13H2,1H3. The molecule has 1 unspecified atom stereocenters. The van der Waals surface area contributed by atoms with Crippen molar-refractivity contribution in [2.45, 2.75) is 102 Å². The number of carbonyl (C=O) groups is 2. The monoisotopic (exact) mass is 336 g/mol. The lowest BCUT2D eigenvalue weighted by Crippen LogP contribution is -2.53. The Kier molecular flexibility index (Phi) is 5.80. The molecule has 136 valence electrons. The van der Waals surface area contributed by atoms with E-state index in [-0.39, 0.29) is 30.0 Å². The van der Waals surface area contributed by atoms with E-state index < -0.39 is 5.92 Å². The van der Waals surface area contributed by atoms with Crippen LogP contribution in [0.25, 0.3) is 0 Å². The second-order valence-corrected chi connectivity index (χ2v) is 7.81. The molecule has 0 aromatic rings. The van der Waals surface area contributed by atoms with Crippen molar-refractivity contribution in [1.29, 1.82) is 0 Å². The molecule has 2 amide bonds. The minimum atomic E-state index is -0.460. The third kappa shape index (κ3) is 3.46. The molecule has 0 bridgehead atoms. The summed E-state index contributed by atoms with van der Waals surface area (Å²) in [6, 6.07) is 0.298. The van der Waals surface area contributed by atoms with Crippen LogP contribution in [-0.2, 0) is 9.59 Å². The molecule has 1 atom stereocenters. The van der Waals surface area contributed by atoms with Gasteiger partial charge >= 0.3 is 0 Å². The zero-order valence-corrected chi connectivity index (χ0v) is 15.0. The lowest BCUT2D eigenvalue weighted by molar-refractivity contribution is -0.161. The van der Waals surface area contributed by atoms with Gasteiger partial charge in [-0.15, -0.1) is 0 Å². The Morgan fingerprint density at radius 3 is 1.96 bits per heavy atom. The molecule has 0 aromatic carbocycles. The number of carbonyl (C=O) groups excluding carboxylic acids is 2. The van der Waals surface area contributed by atoms with Crippen molar-refractivity contribution >= 4 is 11.8 Å². The lowest BCUT2D eigenvalue weighted by Gasteiger charge is -2.42. The van der Waals surface area contributed by atoms with Gasteiger partial charge in [0.15, 0.2) is 0 Å². The van der Waals surface area contributed by atoms with Gasteiger partial charge in [-0.25, -0.2) is 10.0 Å². The summed E-state index contributed by atoms with van der Waals surface area (Å²) >= 11 is 0. The van der Waals surface area contributed by atoms with Crippen molar-refractivity contribution in [2.75, 3.05) is 0 Å². The van der Waals surface area contributed by atoms with E-state index in [4.69, 9.17) is 0 Å². The number of unbranched alkanes of at least 4 members (excludes halogenated alkanes) is 1. The maximum Gasteiger partial charge on any atom is 0.254 e. The van der Waals surface area contributed by atoms with Gasteiger partial charge in [0, 0.05) is 0 Å². The van der Waals surface area contributed by atoms with E-state index in [1.54, 1.807) is 0 Å². The van der Waals surface area contributed by atoms with Crippen LogP contribution in [0, 0.1) is 5.92 Å². The molecule has 3 fully saturated rings. The van der Waals surface area contributed by atoms with E-state index in [9.17, 15) is 14.7 Å². The van der Waals surface area contributed by atoms with E-state index in [2.05, 4.69) is 6.92 Å². The number of aliphatic hydroxyl groups is 1. The van der Waals surface area contributed by atoms with Gasteiger partial charge in [0.25, 0.3) is 11.8 Å². The number of rotatable bonds is 5. The van der Waals surface area contributed by atoms with Gasteiger partial charge in [-0.1, -0.05) is 39.0 Å². The predicted molar refractivity (Wildman–Crippen MR) is 91.8 cm³/mol. The Morgan fingerprint density at radius 1 is 0.875 bits per heavy atom. The molecule has 24 heavy (non-hydrogen) atoms. The van der Waals surface area contributed by atoms with E-state index in [0.29, 0.717) is 6.42 Å². The molecule has 0 aromatic heterocycles. The summed E-state index contributed by atoms with van der Waals surface area (Å²) in [7, 11) is 0. The van der Waals surface area contributed by atoms with Crippen molar-refractivity contribution < 1.29 is 14.7 Å². The quantitative estimate of drug-likeness (QED) is 0.785. The van der Waals surface area contributed by atoms with Gasteiger partial charge in [0.1, 0.15) is 5.92 Å². The third-order valence-corrected chi connectivity index (χ3v) is 6.06. The molecule has 2 aliphatic carbocycles. The summed E-state index contributed by atoms with van der Waals surface area (Å²) in [5, 5.41) is 13.5. The first-order valence-electron chi connectivity index (χ1n) is 9.97. The second kappa shape index (κ2) is 7.85. The van der Waals surface area contributed by atoms with Gasteiger partial charge in [0.05, 0.1) is 18.2 Å². The summed E-state index contributed by atoms with van der Waals surface area (Å²) in [6.45, 7) is 2.10. The Bertz CT molecular complexity index is 454. The molecule has 1 heterocycles. The van der Waals surface area contributed by atoms with Gasteiger partial charge in [-0.05, 0) is 44.9 Å². The lowest BCUT2D eigenvalue weighted by atomic mass is 9.92. The van der Waals surface area contributed by atoms with Crippen molar-refractivity contribution in [3.63, 3.8) is 0 Å². The summed E-state index contributed by atoms with van der Waals surface area (Å²) in [5.74, 6) is -0.384. The van der Waals surface area contributed by atoms with Crippen LogP contribution >= 0.6 is 0 Å². The Morgan fingerprint density at radius 2 is 1.42 bits per heavy atom.